The Labute approximate surface area is 139 Å². The Morgan fingerprint density at radius 1 is 1.32 bits per heavy atom. The van der Waals surface area contributed by atoms with Crippen LogP contribution < -0.4 is 4.74 Å². The molecule has 0 fully saturated rings. The van der Waals surface area contributed by atoms with Crippen LogP contribution in [0.15, 0.2) is 27.2 Å². The monoisotopic (exact) mass is 367 g/mol. The van der Waals surface area contributed by atoms with Gasteiger partial charge in [-0.3, -0.25) is 4.90 Å². The molecule has 2 rings (SSSR count). The van der Waals surface area contributed by atoms with E-state index in [2.05, 4.69) is 57.8 Å². The van der Waals surface area contributed by atoms with Crippen LogP contribution >= 0.6 is 15.9 Å². The highest BCUT2D eigenvalue weighted by atomic mass is 79.9. The Bertz CT molecular complexity index is 628. The van der Waals surface area contributed by atoms with Gasteiger partial charge in [0.2, 0.25) is 5.89 Å². The summed E-state index contributed by atoms with van der Waals surface area (Å²) in [6.45, 7) is 6.88. The number of methoxy groups -OCH3 is 1. The molecule has 0 saturated heterocycles. The maximum absolute atomic E-state index is 5.42. The SMILES string of the molecule is COc1ccc(Br)cc1CN(C)[C@@H](C)c1nc(C(C)C)no1. The lowest BCUT2D eigenvalue weighted by molar-refractivity contribution is 0.200. The Balaban J connectivity index is 2.13. The molecular weight excluding hydrogens is 346 g/mol. The Morgan fingerprint density at radius 3 is 2.64 bits per heavy atom. The molecule has 0 aliphatic rings. The standard InChI is InChI=1S/C16H22BrN3O2/c1-10(2)15-18-16(22-19-15)11(3)20(4)9-12-8-13(17)6-7-14(12)21-5/h6-8,10-11H,9H2,1-5H3/t11-/m0/s1. The topological polar surface area (TPSA) is 51.4 Å². The molecule has 1 heterocycles. The van der Waals surface area contributed by atoms with Gasteiger partial charge < -0.3 is 9.26 Å². The van der Waals surface area contributed by atoms with Crippen molar-refractivity contribution in [1.29, 1.82) is 0 Å². The van der Waals surface area contributed by atoms with E-state index in [9.17, 15) is 0 Å². The molecule has 5 nitrogen and oxygen atoms in total. The van der Waals surface area contributed by atoms with Gasteiger partial charge in [-0.05, 0) is 32.2 Å². The molecule has 0 unspecified atom stereocenters. The van der Waals surface area contributed by atoms with Crippen molar-refractivity contribution in [2.24, 2.45) is 0 Å². The third kappa shape index (κ3) is 3.87. The van der Waals surface area contributed by atoms with Crippen LogP contribution in [0.5, 0.6) is 5.75 Å². The number of hydrogen-bond acceptors (Lipinski definition) is 5. The predicted octanol–water partition coefficient (Wildman–Crippen LogP) is 4.16. The normalized spacial score (nSPS) is 12.9. The third-order valence-electron chi connectivity index (χ3n) is 3.65. The molecule has 120 valence electrons. The first-order valence-corrected chi connectivity index (χ1v) is 8.07. The van der Waals surface area contributed by atoms with Gasteiger partial charge in [-0.15, -0.1) is 0 Å². The number of nitrogens with zero attached hydrogens (tertiary/aromatic N) is 3. The van der Waals surface area contributed by atoms with E-state index in [0.717, 1.165) is 28.2 Å². The highest BCUT2D eigenvalue weighted by Crippen LogP contribution is 2.27. The molecule has 0 amide bonds. The van der Waals surface area contributed by atoms with Gasteiger partial charge in [0, 0.05) is 22.5 Å². The van der Waals surface area contributed by atoms with E-state index < -0.39 is 0 Å². The molecule has 1 aromatic carbocycles. The number of rotatable bonds is 6. The summed E-state index contributed by atoms with van der Waals surface area (Å²) < 4.78 is 11.8. The summed E-state index contributed by atoms with van der Waals surface area (Å²) in [6, 6.07) is 6.03. The van der Waals surface area contributed by atoms with Crippen molar-refractivity contribution >= 4 is 15.9 Å². The highest BCUT2D eigenvalue weighted by molar-refractivity contribution is 9.10. The Morgan fingerprint density at radius 2 is 2.05 bits per heavy atom. The van der Waals surface area contributed by atoms with Crippen molar-refractivity contribution in [2.75, 3.05) is 14.2 Å². The van der Waals surface area contributed by atoms with Crippen LogP contribution in [-0.2, 0) is 6.54 Å². The average molecular weight is 368 g/mol. The van der Waals surface area contributed by atoms with E-state index in [4.69, 9.17) is 9.26 Å². The maximum atomic E-state index is 5.42. The largest absolute Gasteiger partial charge is 0.496 e. The van der Waals surface area contributed by atoms with E-state index in [0.29, 0.717) is 5.89 Å². The summed E-state index contributed by atoms with van der Waals surface area (Å²) in [5.41, 5.74) is 1.11. The highest BCUT2D eigenvalue weighted by Gasteiger charge is 2.21. The fraction of sp³-hybridized carbons (Fsp3) is 0.500. The van der Waals surface area contributed by atoms with Gasteiger partial charge >= 0.3 is 0 Å². The fourth-order valence-corrected chi connectivity index (χ4v) is 2.52. The van der Waals surface area contributed by atoms with Gasteiger partial charge in [0.25, 0.3) is 0 Å². The van der Waals surface area contributed by atoms with Crippen LogP contribution in [0.25, 0.3) is 0 Å². The van der Waals surface area contributed by atoms with Gasteiger partial charge in [-0.2, -0.15) is 4.98 Å². The minimum atomic E-state index is 0.0312. The lowest BCUT2D eigenvalue weighted by Crippen LogP contribution is -2.22. The minimum Gasteiger partial charge on any atom is -0.496 e. The lowest BCUT2D eigenvalue weighted by Gasteiger charge is -2.22. The average Bonchev–Trinajstić information content (AvgIpc) is 2.96. The molecule has 0 aliphatic heterocycles. The summed E-state index contributed by atoms with van der Waals surface area (Å²) in [5.74, 6) is 2.52. The van der Waals surface area contributed by atoms with Gasteiger partial charge in [0.15, 0.2) is 5.82 Å². The maximum Gasteiger partial charge on any atom is 0.243 e. The second-order valence-electron chi connectivity index (χ2n) is 5.69. The zero-order chi connectivity index (χ0) is 16.3. The van der Waals surface area contributed by atoms with Crippen LogP contribution in [-0.4, -0.2) is 29.2 Å². The first-order chi connectivity index (χ1) is 10.4. The van der Waals surface area contributed by atoms with Crippen LogP contribution in [0.3, 0.4) is 0 Å². The summed E-state index contributed by atoms with van der Waals surface area (Å²) in [6.07, 6.45) is 0. The number of ether oxygens (including phenoxy) is 1. The second kappa shape index (κ2) is 7.24. The van der Waals surface area contributed by atoms with Crippen LogP contribution in [0, 0.1) is 0 Å². The van der Waals surface area contributed by atoms with Crippen molar-refractivity contribution in [3.05, 3.63) is 40.0 Å². The van der Waals surface area contributed by atoms with Crippen molar-refractivity contribution in [1.82, 2.24) is 15.0 Å². The number of halogens is 1. The number of benzene rings is 1. The molecule has 0 spiro atoms. The number of aromatic nitrogens is 2. The number of hydrogen-bond donors (Lipinski definition) is 0. The van der Waals surface area contributed by atoms with Gasteiger partial charge in [0.05, 0.1) is 13.2 Å². The molecule has 22 heavy (non-hydrogen) atoms. The van der Waals surface area contributed by atoms with Crippen LogP contribution in [0.2, 0.25) is 0 Å². The summed E-state index contributed by atoms with van der Waals surface area (Å²) >= 11 is 3.50. The molecular formula is C16H22BrN3O2. The molecule has 0 aliphatic carbocycles. The van der Waals surface area contributed by atoms with Crippen molar-refractivity contribution in [3.63, 3.8) is 0 Å². The van der Waals surface area contributed by atoms with Crippen molar-refractivity contribution in [3.8, 4) is 5.75 Å². The molecule has 0 radical (unpaired) electrons. The summed E-state index contributed by atoms with van der Waals surface area (Å²) in [7, 11) is 3.72. The Hall–Kier alpha value is -1.40. The van der Waals surface area contributed by atoms with Crippen molar-refractivity contribution in [2.45, 2.75) is 39.3 Å². The molecule has 0 N–H and O–H groups in total. The van der Waals surface area contributed by atoms with E-state index in [1.807, 2.05) is 19.2 Å². The van der Waals surface area contributed by atoms with Gasteiger partial charge in [-0.25, -0.2) is 0 Å². The van der Waals surface area contributed by atoms with Crippen LogP contribution in [0.4, 0.5) is 0 Å². The van der Waals surface area contributed by atoms with E-state index in [1.165, 1.54) is 0 Å². The minimum absolute atomic E-state index is 0.0312. The quantitative estimate of drug-likeness (QED) is 0.767. The van der Waals surface area contributed by atoms with E-state index >= 15 is 0 Å². The van der Waals surface area contributed by atoms with E-state index in [1.54, 1.807) is 7.11 Å². The molecule has 1 atom stereocenters. The Kier molecular flexibility index (Phi) is 5.58. The first kappa shape index (κ1) is 17.0. The van der Waals surface area contributed by atoms with Crippen molar-refractivity contribution < 1.29 is 9.26 Å². The smallest absolute Gasteiger partial charge is 0.243 e. The molecule has 0 saturated carbocycles. The first-order valence-electron chi connectivity index (χ1n) is 7.28. The molecule has 1 aromatic heterocycles. The second-order valence-corrected chi connectivity index (χ2v) is 6.61. The molecule has 0 bridgehead atoms. The lowest BCUT2D eigenvalue weighted by atomic mass is 10.1. The predicted molar refractivity (Wildman–Crippen MR) is 89.0 cm³/mol. The molecule has 6 heteroatoms. The zero-order valence-electron chi connectivity index (χ0n) is 13.6. The summed E-state index contributed by atoms with van der Waals surface area (Å²) in [5, 5.41) is 4.03. The molecule has 2 aromatic rings. The summed E-state index contributed by atoms with van der Waals surface area (Å²) in [4.78, 5) is 6.63. The van der Waals surface area contributed by atoms with Crippen LogP contribution in [0.1, 0.15) is 50.0 Å². The third-order valence-corrected chi connectivity index (χ3v) is 4.15. The zero-order valence-corrected chi connectivity index (χ0v) is 15.2. The van der Waals surface area contributed by atoms with Gasteiger partial charge in [0.1, 0.15) is 5.75 Å². The van der Waals surface area contributed by atoms with Gasteiger partial charge in [-0.1, -0.05) is 34.9 Å². The fourth-order valence-electron chi connectivity index (χ4n) is 2.12. The van der Waals surface area contributed by atoms with E-state index in [-0.39, 0.29) is 12.0 Å².